The van der Waals surface area contributed by atoms with Crippen LogP contribution in [0.1, 0.15) is 29.7 Å². The number of rotatable bonds is 7. The minimum Gasteiger partial charge on any atom is -0.465 e. The maximum Gasteiger partial charge on any atom is 0.315 e. The highest BCUT2D eigenvalue weighted by Gasteiger charge is 2.29. The summed E-state index contributed by atoms with van der Waals surface area (Å²) in [7, 11) is 2.03. The fourth-order valence-electron chi connectivity index (χ4n) is 3.68. The second kappa shape index (κ2) is 8.05. The van der Waals surface area contributed by atoms with Crippen LogP contribution in [-0.4, -0.2) is 17.1 Å². The van der Waals surface area contributed by atoms with E-state index in [2.05, 4.69) is 35.4 Å². The summed E-state index contributed by atoms with van der Waals surface area (Å²) in [4.78, 5) is 12.9. The van der Waals surface area contributed by atoms with Gasteiger partial charge >= 0.3 is 5.97 Å². The topological polar surface area (TPSA) is 31.2 Å². The number of ether oxygens (including phenoxy) is 1. The van der Waals surface area contributed by atoms with Crippen LogP contribution in [-0.2, 0) is 29.4 Å². The van der Waals surface area contributed by atoms with Gasteiger partial charge < -0.3 is 9.30 Å². The van der Waals surface area contributed by atoms with Gasteiger partial charge in [0.2, 0.25) is 0 Å². The van der Waals surface area contributed by atoms with Crippen LogP contribution in [0.3, 0.4) is 0 Å². The fourth-order valence-corrected chi connectivity index (χ4v) is 3.68. The van der Waals surface area contributed by atoms with Crippen LogP contribution in [0.2, 0.25) is 0 Å². The van der Waals surface area contributed by atoms with Crippen LogP contribution in [0.4, 0.5) is 0 Å². The number of nitrogens with zero attached hydrogens (tertiary/aromatic N) is 1. The third-order valence-corrected chi connectivity index (χ3v) is 4.79. The van der Waals surface area contributed by atoms with E-state index >= 15 is 0 Å². The van der Waals surface area contributed by atoms with Gasteiger partial charge in [-0.25, -0.2) is 0 Å². The highest BCUT2D eigenvalue weighted by molar-refractivity contribution is 5.89. The molecule has 26 heavy (non-hydrogen) atoms. The molecule has 134 valence electrons. The maximum atomic E-state index is 12.9. The Balaban J connectivity index is 2.16. The summed E-state index contributed by atoms with van der Waals surface area (Å²) < 4.78 is 7.57. The third-order valence-electron chi connectivity index (χ3n) is 4.79. The molecule has 0 fully saturated rings. The fraction of sp³-hybridized carbons (Fsp3) is 0.261. The van der Waals surface area contributed by atoms with Gasteiger partial charge in [0.1, 0.15) is 5.92 Å². The molecular formula is C23H25NO2. The first-order valence-electron chi connectivity index (χ1n) is 9.05. The van der Waals surface area contributed by atoms with Crippen molar-refractivity contribution in [2.45, 2.75) is 25.7 Å². The largest absolute Gasteiger partial charge is 0.465 e. The summed E-state index contributed by atoms with van der Waals surface area (Å²) in [6, 6.07) is 18.4. The van der Waals surface area contributed by atoms with Gasteiger partial charge in [-0.2, -0.15) is 0 Å². The molecule has 2 aromatic carbocycles. The molecule has 0 aliphatic rings. The van der Waals surface area contributed by atoms with Crippen molar-refractivity contribution in [3.8, 4) is 0 Å². The van der Waals surface area contributed by atoms with Crippen molar-refractivity contribution in [1.29, 1.82) is 0 Å². The summed E-state index contributed by atoms with van der Waals surface area (Å²) in [5.74, 6) is -0.516. The Hall–Kier alpha value is -2.81. The molecule has 0 saturated heterocycles. The van der Waals surface area contributed by atoms with Gasteiger partial charge in [0.25, 0.3) is 0 Å². The lowest BCUT2D eigenvalue weighted by atomic mass is 9.92. The molecule has 3 heteroatoms. The SMILES string of the molecule is C=CCc1c(C(Cc2ccccc2)C(=O)OCC)n(C)c2ccccc12. The van der Waals surface area contributed by atoms with Crippen molar-refractivity contribution < 1.29 is 9.53 Å². The number of para-hydroxylation sites is 1. The Morgan fingerprint density at radius 3 is 2.54 bits per heavy atom. The van der Waals surface area contributed by atoms with Crippen LogP contribution in [0, 0.1) is 0 Å². The number of esters is 1. The van der Waals surface area contributed by atoms with Crippen LogP contribution >= 0.6 is 0 Å². The molecular weight excluding hydrogens is 322 g/mol. The van der Waals surface area contributed by atoms with Crippen LogP contribution in [0.15, 0.2) is 67.3 Å². The Labute approximate surface area is 154 Å². The molecule has 0 bridgehead atoms. The van der Waals surface area contributed by atoms with Gasteiger partial charge in [0.15, 0.2) is 0 Å². The zero-order valence-electron chi connectivity index (χ0n) is 15.4. The van der Waals surface area contributed by atoms with Crippen molar-refractivity contribution in [2.24, 2.45) is 7.05 Å². The molecule has 1 aromatic heterocycles. The van der Waals surface area contributed by atoms with E-state index in [-0.39, 0.29) is 11.9 Å². The van der Waals surface area contributed by atoms with Crippen molar-refractivity contribution >= 4 is 16.9 Å². The number of benzene rings is 2. The van der Waals surface area contributed by atoms with E-state index in [1.54, 1.807) is 0 Å². The van der Waals surface area contributed by atoms with Crippen LogP contribution in [0.25, 0.3) is 10.9 Å². The Kier molecular flexibility index (Phi) is 5.57. The molecule has 3 rings (SSSR count). The molecule has 1 atom stereocenters. The second-order valence-corrected chi connectivity index (χ2v) is 6.43. The van der Waals surface area contributed by atoms with E-state index < -0.39 is 0 Å². The number of hydrogen-bond donors (Lipinski definition) is 0. The van der Waals surface area contributed by atoms with E-state index in [1.807, 2.05) is 50.4 Å². The van der Waals surface area contributed by atoms with E-state index in [4.69, 9.17) is 4.74 Å². The summed E-state index contributed by atoms with van der Waals surface area (Å²) >= 11 is 0. The highest BCUT2D eigenvalue weighted by atomic mass is 16.5. The van der Waals surface area contributed by atoms with Crippen molar-refractivity contribution in [1.82, 2.24) is 4.57 Å². The van der Waals surface area contributed by atoms with Crippen molar-refractivity contribution in [2.75, 3.05) is 6.61 Å². The molecule has 0 radical (unpaired) electrons. The number of fused-ring (bicyclic) bond motifs is 1. The molecule has 0 aliphatic carbocycles. The molecule has 1 heterocycles. The highest BCUT2D eigenvalue weighted by Crippen LogP contribution is 2.33. The first kappa shape index (κ1) is 18.0. The zero-order valence-corrected chi connectivity index (χ0v) is 15.4. The van der Waals surface area contributed by atoms with Gasteiger partial charge in [0, 0.05) is 23.6 Å². The third kappa shape index (κ3) is 3.43. The molecule has 1 unspecified atom stereocenters. The number of aromatic nitrogens is 1. The van der Waals surface area contributed by atoms with Gasteiger partial charge in [-0.15, -0.1) is 6.58 Å². The Morgan fingerprint density at radius 2 is 1.85 bits per heavy atom. The van der Waals surface area contributed by atoms with Crippen molar-refractivity contribution in [3.63, 3.8) is 0 Å². The van der Waals surface area contributed by atoms with E-state index in [0.717, 1.165) is 28.8 Å². The molecule has 3 aromatic rings. The number of aryl methyl sites for hydroxylation is 1. The standard InChI is InChI=1S/C23H25NO2/c1-4-11-19-18-14-9-10-15-21(18)24(3)22(19)20(23(25)26-5-2)16-17-12-7-6-8-13-17/h4,6-10,12-15,20H,1,5,11,16H2,2-3H3. The number of carbonyl (C=O) groups is 1. The van der Waals surface area contributed by atoms with Gasteiger partial charge in [0.05, 0.1) is 6.61 Å². The minimum absolute atomic E-state index is 0.174. The molecule has 0 N–H and O–H groups in total. The van der Waals surface area contributed by atoms with Gasteiger partial charge in [-0.3, -0.25) is 4.79 Å². The molecule has 0 saturated carbocycles. The molecule has 0 aliphatic heterocycles. The molecule has 0 spiro atoms. The quantitative estimate of drug-likeness (QED) is 0.454. The normalized spacial score (nSPS) is 12.1. The zero-order chi connectivity index (χ0) is 18.5. The predicted octanol–water partition coefficient (Wildman–Crippen LogP) is 4.80. The van der Waals surface area contributed by atoms with E-state index in [1.165, 1.54) is 5.39 Å². The summed E-state index contributed by atoms with van der Waals surface area (Å²) in [6.07, 6.45) is 3.24. The second-order valence-electron chi connectivity index (χ2n) is 6.43. The summed E-state index contributed by atoms with van der Waals surface area (Å²) in [5.41, 5.74) is 4.43. The Morgan fingerprint density at radius 1 is 1.15 bits per heavy atom. The van der Waals surface area contributed by atoms with Gasteiger partial charge in [-0.1, -0.05) is 54.6 Å². The maximum absolute atomic E-state index is 12.9. The minimum atomic E-state index is -0.343. The van der Waals surface area contributed by atoms with E-state index in [0.29, 0.717) is 13.0 Å². The summed E-state index contributed by atoms with van der Waals surface area (Å²) in [6.45, 7) is 6.14. The van der Waals surface area contributed by atoms with Crippen LogP contribution < -0.4 is 0 Å². The average molecular weight is 347 g/mol. The molecule has 0 amide bonds. The first-order chi connectivity index (χ1) is 12.7. The summed E-state index contributed by atoms with van der Waals surface area (Å²) in [5, 5.41) is 1.17. The lowest BCUT2D eigenvalue weighted by Crippen LogP contribution is -2.22. The predicted molar refractivity (Wildman–Crippen MR) is 106 cm³/mol. The van der Waals surface area contributed by atoms with Gasteiger partial charge in [-0.05, 0) is 37.0 Å². The Bertz CT molecular complexity index is 909. The number of hydrogen-bond acceptors (Lipinski definition) is 2. The first-order valence-corrected chi connectivity index (χ1v) is 9.05. The van der Waals surface area contributed by atoms with Crippen LogP contribution in [0.5, 0.6) is 0 Å². The van der Waals surface area contributed by atoms with E-state index in [9.17, 15) is 4.79 Å². The number of carbonyl (C=O) groups excluding carboxylic acids is 1. The smallest absolute Gasteiger partial charge is 0.315 e. The average Bonchev–Trinajstić information content (AvgIpc) is 2.94. The van der Waals surface area contributed by atoms with Crippen molar-refractivity contribution in [3.05, 3.63) is 84.1 Å². The number of allylic oxidation sites excluding steroid dienone is 1. The molecule has 3 nitrogen and oxygen atoms in total. The lowest BCUT2D eigenvalue weighted by Gasteiger charge is -2.19. The monoisotopic (exact) mass is 347 g/mol. The lowest BCUT2D eigenvalue weighted by molar-refractivity contribution is -0.145.